The van der Waals surface area contributed by atoms with Crippen molar-refractivity contribution in [3.63, 3.8) is 0 Å². The van der Waals surface area contributed by atoms with E-state index in [-0.39, 0.29) is 30.0 Å². The van der Waals surface area contributed by atoms with Gasteiger partial charge < -0.3 is 19.7 Å². The van der Waals surface area contributed by atoms with Crippen molar-refractivity contribution in [2.45, 2.75) is 30.4 Å². The van der Waals surface area contributed by atoms with E-state index in [0.29, 0.717) is 11.5 Å². The molecule has 0 saturated heterocycles. The highest BCUT2D eigenvalue weighted by Gasteiger charge is 2.31. The van der Waals surface area contributed by atoms with Crippen LogP contribution in [0.4, 0.5) is 11.4 Å². The highest BCUT2D eigenvalue weighted by molar-refractivity contribution is 7.99. The van der Waals surface area contributed by atoms with Crippen molar-refractivity contribution in [3.05, 3.63) is 77.4 Å². The number of thioether (sulfide) groups is 1. The third-order valence-corrected chi connectivity index (χ3v) is 7.16. The lowest BCUT2D eigenvalue weighted by Crippen LogP contribution is -2.38. The second-order valence-corrected chi connectivity index (χ2v) is 9.48. The van der Waals surface area contributed by atoms with Crippen molar-refractivity contribution in [1.29, 1.82) is 0 Å². The Morgan fingerprint density at radius 2 is 1.79 bits per heavy atom. The Morgan fingerprint density at radius 1 is 1.03 bits per heavy atom. The molecular formula is C27H28N2O4S. The summed E-state index contributed by atoms with van der Waals surface area (Å²) in [5, 5.41) is 2.85. The molecule has 7 heteroatoms. The molecule has 1 heterocycles. The summed E-state index contributed by atoms with van der Waals surface area (Å²) in [5.74, 6) is 0.927. The van der Waals surface area contributed by atoms with Crippen LogP contribution in [0.25, 0.3) is 0 Å². The molecule has 2 amide bonds. The van der Waals surface area contributed by atoms with Gasteiger partial charge in [0.2, 0.25) is 11.8 Å². The number of hydrogen-bond donors (Lipinski definition) is 1. The minimum atomic E-state index is -0.230. The zero-order chi connectivity index (χ0) is 24.2. The average molecular weight is 477 g/mol. The molecule has 4 rings (SSSR count). The first-order chi connectivity index (χ1) is 16.4. The van der Waals surface area contributed by atoms with Gasteiger partial charge in [-0.15, -0.1) is 11.8 Å². The topological polar surface area (TPSA) is 67.9 Å². The molecule has 0 spiro atoms. The summed E-state index contributed by atoms with van der Waals surface area (Å²) in [6, 6.07) is 19.4. The molecule has 0 aromatic heterocycles. The van der Waals surface area contributed by atoms with Gasteiger partial charge in [0.25, 0.3) is 0 Å². The maximum atomic E-state index is 13.4. The lowest BCUT2D eigenvalue weighted by atomic mass is 10.1. The molecule has 176 valence electrons. The van der Waals surface area contributed by atoms with Crippen molar-refractivity contribution in [1.82, 2.24) is 0 Å². The highest BCUT2D eigenvalue weighted by atomic mass is 32.2. The van der Waals surface area contributed by atoms with Crippen molar-refractivity contribution in [2.24, 2.45) is 0 Å². The number of amides is 2. The fourth-order valence-electron chi connectivity index (χ4n) is 3.99. The van der Waals surface area contributed by atoms with Gasteiger partial charge in [-0.3, -0.25) is 9.59 Å². The summed E-state index contributed by atoms with van der Waals surface area (Å²) in [6.07, 6.45) is 0.256. The number of anilines is 2. The van der Waals surface area contributed by atoms with Crippen LogP contribution in [0.3, 0.4) is 0 Å². The number of methoxy groups -OCH3 is 2. The summed E-state index contributed by atoms with van der Waals surface area (Å²) < 4.78 is 10.8. The number of hydrogen-bond acceptors (Lipinski definition) is 5. The first-order valence-electron chi connectivity index (χ1n) is 11.0. The van der Waals surface area contributed by atoms with E-state index in [1.54, 1.807) is 30.9 Å². The predicted octanol–water partition coefficient (Wildman–Crippen LogP) is 5.53. The second kappa shape index (κ2) is 10.2. The Kier molecular flexibility index (Phi) is 7.12. The minimum Gasteiger partial charge on any atom is -0.493 e. The zero-order valence-corrected chi connectivity index (χ0v) is 20.6. The standard InChI is InChI=1S/C27H28N2O4S/c1-17-9-10-18(2)20(13-17)28-26(30)16-29-21-7-5-6-8-24(21)34-25(15-27(29)31)19-11-12-22(32-3)23(14-19)33-4/h5-14,25H,15-16H2,1-4H3,(H,28,30). The second-order valence-electron chi connectivity index (χ2n) is 8.24. The van der Waals surface area contributed by atoms with E-state index in [1.807, 2.05) is 74.5 Å². The molecular weight excluding hydrogens is 448 g/mol. The fourth-order valence-corrected chi connectivity index (χ4v) is 5.27. The quantitative estimate of drug-likeness (QED) is 0.507. The number of benzene rings is 3. The van der Waals surface area contributed by atoms with E-state index in [1.165, 1.54) is 0 Å². The molecule has 1 aliphatic rings. The maximum Gasteiger partial charge on any atom is 0.244 e. The summed E-state index contributed by atoms with van der Waals surface area (Å²) >= 11 is 1.62. The molecule has 3 aromatic carbocycles. The monoisotopic (exact) mass is 476 g/mol. The smallest absolute Gasteiger partial charge is 0.244 e. The lowest BCUT2D eigenvalue weighted by Gasteiger charge is -2.22. The van der Waals surface area contributed by atoms with Crippen LogP contribution in [0.5, 0.6) is 11.5 Å². The summed E-state index contributed by atoms with van der Waals surface area (Å²) in [4.78, 5) is 28.9. The molecule has 0 fully saturated rings. The van der Waals surface area contributed by atoms with Crippen LogP contribution >= 0.6 is 11.8 Å². The van der Waals surface area contributed by atoms with Crippen molar-refractivity contribution >= 4 is 35.0 Å². The maximum absolute atomic E-state index is 13.4. The summed E-state index contributed by atoms with van der Waals surface area (Å²) in [5.41, 5.74) is 4.51. The van der Waals surface area contributed by atoms with Gasteiger partial charge in [0, 0.05) is 22.3 Å². The summed E-state index contributed by atoms with van der Waals surface area (Å²) in [7, 11) is 3.19. The van der Waals surface area contributed by atoms with Crippen LogP contribution in [0, 0.1) is 13.8 Å². The number of aryl methyl sites for hydroxylation is 2. The number of carbonyl (C=O) groups excluding carboxylic acids is 2. The molecule has 34 heavy (non-hydrogen) atoms. The molecule has 1 aliphatic heterocycles. The van der Waals surface area contributed by atoms with Gasteiger partial charge >= 0.3 is 0 Å². The van der Waals surface area contributed by atoms with Gasteiger partial charge in [-0.1, -0.05) is 30.3 Å². The number of ether oxygens (including phenoxy) is 2. The molecule has 0 radical (unpaired) electrons. The average Bonchev–Trinajstić information content (AvgIpc) is 2.97. The van der Waals surface area contributed by atoms with Crippen LogP contribution < -0.4 is 19.7 Å². The fraction of sp³-hybridized carbons (Fsp3) is 0.259. The molecule has 0 saturated carbocycles. The van der Waals surface area contributed by atoms with E-state index in [9.17, 15) is 9.59 Å². The van der Waals surface area contributed by atoms with Gasteiger partial charge in [-0.05, 0) is 60.9 Å². The SMILES string of the molecule is COc1ccc(C2CC(=O)N(CC(=O)Nc3cc(C)ccc3C)c3ccccc3S2)cc1OC. The molecule has 1 unspecified atom stereocenters. The van der Waals surface area contributed by atoms with Gasteiger partial charge in [0.15, 0.2) is 11.5 Å². The zero-order valence-electron chi connectivity index (χ0n) is 19.8. The van der Waals surface area contributed by atoms with Gasteiger partial charge in [-0.2, -0.15) is 0 Å². The largest absolute Gasteiger partial charge is 0.493 e. The first kappa shape index (κ1) is 23.7. The molecule has 0 aliphatic carbocycles. The highest BCUT2D eigenvalue weighted by Crippen LogP contribution is 2.46. The molecule has 0 bridgehead atoms. The summed E-state index contributed by atoms with van der Waals surface area (Å²) in [6.45, 7) is 3.88. The van der Waals surface area contributed by atoms with E-state index in [2.05, 4.69) is 5.32 Å². The van der Waals surface area contributed by atoms with Crippen LogP contribution in [0.2, 0.25) is 0 Å². The van der Waals surface area contributed by atoms with Crippen LogP contribution in [-0.2, 0) is 9.59 Å². The van der Waals surface area contributed by atoms with Gasteiger partial charge in [0.1, 0.15) is 6.54 Å². The first-order valence-corrected chi connectivity index (χ1v) is 11.9. The Hall–Kier alpha value is -3.45. The number of rotatable bonds is 6. The predicted molar refractivity (Wildman–Crippen MR) is 136 cm³/mol. The molecule has 3 aromatic rings. The van der Waals surface area contributed by atoms with Crippen molar-refractivity contribution < 1.29 is 19.1 Å². The molecule has 1 N–H and O–H groups in total. The Labute approximate surface area is 204 Å². The number of nitrogens with one attached hydrogen (secondary N) is 1. The minimum absolute atomic E-state index is 0.0531. The van der Waals surface area contributed by atoms with Gasteiger partial charge in [0.05, 0.1) is 19.9 Å². The van der Waals surface area contributed by atoms with Crippen LogP contribution in [-0.4, -0.2) is 32.6 Å². The van der Waals surface area contributed by atoms with Crippen molar-refractivity contribution in [3.8, 4) is 11.5 Å². The number of para-hydroxylation sites is 1. The van der Waals surface area contributed by atoms with Crippen molar-refractivity contribution in [2.75, 3.05) is 31.0 Å². The Balaban J connectivity index is 1.60. The van der Waals surface area contributed by atoms with E-state index >= 15 is 0 Å². The normalized spacial score (nSPS) is 15.4. The molecule has 1 atom stereocenters. The number of carbonyl (C=O) groups is 2. The molecule has 6 nitrogen and oxygen atoms in total. The number of fused-ring (bicyclic) bond motifs is 1. The van der Waals surface area contributed by atoms with E-state index < -0.39 is 0 Å². The third kappa shape index (κ3) is 5.04. The number of nitrogens with zero attached hydrogens (tertiary/aromatic N) is 1. The third-order valence-electron chi connectivity index (χ3n) is 5.83. The van der Waals surface area contributed by atoms with E-state index in [0.717, 1.165) is 33.0 Å². The van der Waals surface area contributed by atoms with Crippen LogP contribution in [0.1, 0.15) is 28.4 Å². The Bertz CT molecular complexity index is 1230. The lowest BCUT2D eigenvalue weighted by molar-refractivity contribution is -0.121. The Morgan fingerprint density at radius 3 is 2.56 bits per heavy atom. The van der Waals surface area contributed by atoms with Crippen LogP contribution in [0.15, 0.2) is 65.6 Å². The van der Waals surface area contributed by atoms with Gasteiger partial charge in [-0.25, -0.2) is 0 Å². The van der Waals surface area contributed by atoms with E-state index in [4.69, 9.17) is 9.47 Å².